The van der Waals surface area contributed by atoms with Gasteiger partial charge in [0.05, 0.1) is 23.3 Å². The Morgan fingerprint density at radius 1 is 0.517 bits per heavy atom. The van der Waals surface area contributed by atoms with Crippen LogP contribution in [0.15, 0.2) is 170 Å². The van der Waals surface area contributed by atoms with Crippen LogP contribution in [0.5, 0.6) is 11.5 Å². The van der Waals surface area contributed by atoms with Crippen molar-refractivity contribution in [3.05, 3.63) is 187 Å². The fraction of sp³-hybridized carbons (Fsp3) is 0.0800. The van der Waals surface area contributed by atoms with E-state index in [0.717, 1.165) is 50.0 Å². The van der Waals surface area contributed by atoms with Gasteiger partial charge in [-0.05, 0) is 86.0 Å². The molecule has 8 nitrogen and oxygen atoms in total. The minimum absolute atomic E-state index is 0.511. The van der Waals surface area contributed by atoms with E-state index in [9.17, 15) is 0 Å². The van der Waals surface area contributed by atoms with Crippen LogP contribution in [0.4, 0.5) is 11.4 Å². The molecule has 0 saturated carbocycles. The van der Waals surface area contributed by atoms with Crippen molar-refractivity contribution in [2.24, 2.45) is 0 Å². The van der Waals surface area contributed by atoms with E-state index in [0.29, 0.717) is 35.6 Å². The molecule has 0 atom stereocenters. The van der Waals surface area contributed by atoms with Crippen molar-refractivity contribution < 1.29 is 4.74 Å². The number of ether oxygens (including phenoxy) is 1. The van der Waals surface area contributed by atoms with E-state index in [-0.39, 0.29) is 0 Å². The second-order valence-corrected chi connectivity index (χ2v) is 14.6. The van der Waals surface area contributed by atoms with Crippen molar-refractivity contribution in [3.63, 3.8) is 0 Å². The van der Waals surface area contributed by atoms with Crippen LogP contribution in [0.25, 0.3) is 61.8 Å². The lowest BCUT2D eigenvalue weighted by Crippen LogP contribution is -2.24. The summed E-state index contributed by atoms with van der Waals surface area (Å²) in [6, 6.07) is 51.4. The maximum Gasteiger partial charge on any atom is 0.167 e. The smallest absolute Gasteiger partial charge is 0.167 e. The molecule has 0 saturated heterocycles. The lowest BCUT2D eigenvalue weighted by atomic mass is 10.0. The van der Waals surface area contributed by atoms with Crippen LogP contribution in [0.2, 0.25) is 0 Å². The van der Waals surface area contributed by atoms with Gasteiger partial charge >= 0.3 is 0 Å². The van der Waals surface area contributed by atoms with Crippen LogP contribution >= 0.6 is 0 Å². The van der Waals surface area contributed by atoms with Crippen LogP contribution in [0, 0.1) is 20.8 Å². The number of aromatic nitrogens is 5. The van der Waals surface area contributed by atoms with Crippen molar-refractivity contribution in [1.82, 2.24) is 24.5 Å². The molecule has 3 aromatic heterocycles. The van der Waals surface area contributed by atoms with Crippen molar-refractivity contribution in [2.75, 3.05) is 16.5 Å². The highest BCUT2D eigenvalue weighted by atomic mass is 16.5. The van der Waals surface area contributed by atoms with Crippen molar-refractivity contribution in [3.8, 4) is 51.5 Å². The molecule has 0 aliphatic carbocycles. The van der Waals surface area contributed by atoms with Crippen LogP contribution in [-0.4, -0.2) is 31.2 Å². The molecule has 0 N–H and O–H groups in total. The predicted molar refractivity (Wildman–Crippen MR) is 234 cm³/mol. The molecule has 8 heteroatoms. The number of rotatable bonds is 8. The first-order valence-corrected chi connectivity index (χ1v) is 19.4. The minimum atomic E-state index is 0.511. The largest absolute Gasteiger partial charge is 0.456 e. The van der Waals surface area contributed by atoms with Gasteiger partial charge in [-0.3, -0.25) is 4.57 Å². The molecule has 0 amide bonds. The summed E-state index contributed by atoms with van der Waals surface area (Å²) in [5.41, 5.74) is 10.6. The van der Waals surface area contributed by atoms with Crippen LogP contribution in [-0.2, 0) is 0 Å². The maximum atomic E-state index is 7.01. The van der Waals surface area contributed by atoms with Gasteiger partial charge in [-0.1, -0.05) is 91.0 Å². The zero-order valence-electron chi connectivity index (χ0n) is 32.4. The van der Waals surface area contributed by atoms with Gasteiger partial charge in [0.15, 0.2) is 17.5 Å². The molecule has 1 aliphatic heterocycles. The first kappa shape index (κ1) is 34.9. The Morgan fingerprint density at radius 2 is 1.16 bits per heavy atom. The van der Waals surface area contributed by atoms with E-state index >= 15 is 0 Å². The van der Waals surface area contributed by atoms with Crippen LogP contribution < -0.4 is 14.5 Å². The topological polar surface area (TPSA) is 72.2 Å². The summed E-state index contributed by atoms with van der Waals surface area (Å²) in [4.78, 5) is 24.5. The standard InChI is InChI=1S/C50H39N7O/c1-33-27-39(28-34(2)35(33)3)56-26-25-55(32-56)38-19-14-20-40(29-38)58-46-31-45-42(41-21-10-11-22-44(41)57(45)47-23-12-13-24-51-47)30-43(46)50-53-48(36-15-6-4-7-16-36)52-49(54-50)37-17-8-5-9-18-37/h4-31H,32H2,1-3H3. The normalized spacial score (nSPS) is 12.5. The van der Waals surface area contributed by atoms with E-state index in [1.54, 1.807) is 0 Å². The fourth-order valence-electron chi connectivity index (χ4n) is 7.70. The zero-order valence-corrected chi connectivity index (χ0v) is 32.4. The Hall–Kier alpha value is -7.58. The summed E-state index contributed by atoms with van der Waals surface area (Å²) in [7, 11) is 0. The molecule has 280 valence electrons. The van der Waals surface area contributed by atoms with E-state index in [1.807, 2.05) is 97.2 Å². The number of para-hydroxylation sites is 1. The van der Waals surface area contributed by atoms with Gasteiger partial charge < -0.3 is 14.5 Å². The molecule has 6 aromatic carbocycles. The number of hydrogen-bond donors (Lipinski definition) is 0. The summed E-state index contributed by atoms with van der Waals surface area (Å²) in [5.74, 6) is 3.79. The molecule has 0 radical (unpaired) electrons. The highest BCUT2D eigenvalue weighted by molar-refractivity contribution is 6.11. The van der Waals surface area contributed by atoms with E-state index in [4.69, 9.17) is 24.7 Å². The van der Waals surface area contributed by atoms with E-state index in [2.05, 4.69) is 108 Å². The second-order valence-electron chi connectivity index (χ2n) is 14.6. The number of anilines is 2. The fourth-order valence-corrected chi connectivity index (χ4v) is 7.70. The van der Waals surface area contributed by atoms with Crippen molar-refractivity contribution in [2.45, 2.75) is 20.8 Å². The summed E-state index contributed by atoms with van der Waals surface area (Å²) in [6.45, 7) is 7.21. The van der Waals surface area contributed by atoms with E-state index in [1.165, 1.54) is 22.4 Å². The molecule has 9 aromatic rings. The number of nitrogens with zero attached hydrogens (tertiary/aromatic N) is 7. The molecule has 4 heterocycles. The zero-order chi connectivity index (χ0) is 39.2. The second kappa shape index (κ2) is 14.5. The SMILES string of the molecule is Cc1cc(N2C=CN(c3cccc(Oc4cc5c(cc4-c4nc(-c6ccccc6)nc(-c6ccccc6)n4)c4ccccc4n5-c4ccccn4)c3)C2)cc(C)c1C. The molecule has 0 bridgehead atoms. The summed E-state index contributed by atoms with van der Waals surface area (Å²) in [6.07, 6.45) is 6.08. The number of hydrogen-bond acceptors (Lipinski definition) is 7. The van der Waals surface area contributed by atoms with Gasteiger partial charge in [-0.25, -0.2) is 19.9 Å². The molecule has 10 rings (SSSR count). The summed E-state index contributed by atoms with van der Waals surface area (Å²) in [5, 5.41) is 2.12. The Morgan fingerprint density at radius 3 is 1.84 bits per heavy atom. The predicted octanol–water partition coefficient (Wildman–Crippen LogP) is 11.8. The molecule has 58 heavy (non-hydrogen) atoms. The summed E-state index contributed by atoms with van der Waals surface area (Å²) >= 11 is 0. The first-order chi connectivity index (χ1) is 28.5. The molecular formula is C50H39N7O. The number of fused-ring (bicyclic) bond motifs is 3. The number of benzene rings is 6. The Labute approximate surface area is 337 Å². The third-order valence-electron chi connectivity index (χ3n) is 10.9. The highest BCUT2D eigenvalue weighted by Crippen LogP contribution is 2.42. The average molecular weight is 754 g/mol. The van der Waals surface area contributed by atoms with Gasteiger partial charge in [-0.2, -0.15) is 0 Å². The van der Waals surface area contributed by atoms with E-state index < -0.39 is 0 Å². The number of aryl methyl sites for hydroxylation is 2. The lowest BCUT2D eigenvalue weighted by molar-refractivity contribution is 0.484. The van der Waals surface area contributed by atoms with Crippen LogP contribution in [0.1, 0.15) is 16.7 Å². The highest BCUT2D eigenvalue weighted by Gasteiger charge is 2.22. The van der Waals surface area contributed by atoms with Gasteiger partial charge in [0, 0.05) is 64.0 Å². The minimum Gasteiger partial charge on any atom is -0.456 e. The molecule has 0 unspecified atom stereocenters. The molecule has 0 fully saturated rings. The third-order valence-corrected chi connectivity index (χ3v) is 10.9. The van der Waals surface area contributed by atoms with Gasteiger partial charge in [-0.15, -0.1) is 0 Å². The first-order valence-electron chi connectivity index (χ1n) is 19.4. The molecule has 0 spiro atoms. The molecule has 1 aliphatic rings. The Kier molecular flexibility index (Phi) is 8.71. The third kappa shape index (κ3) is 6.40. The van der Waals surface area contributed by atoms with Crippen molar-refractivity contribution >= 4 is 33.2 Å². The van der Waals surface area contributed by atoms with Gasteiger partial charge in [0.25, 0.3) is 0 Å². The van der Waals surface area contributed by atoms with Gasteiger partial charge in [0.2, 0.25) is 0 Å². The van der Waals surface area contributed by atoms with Gasteiger partial charge in [0.1, 0.15) is 17.3 Å². The monoisotopic (exact) mass is 753 g/mol. The lowest BCUT2D eigenvalue weighted by Gasteiger charge is -2.23. The summed E-state index contributed by atoms with van der Waals surface area (Å²) < 4.78 is 9.20. The number of pyridine rings is 1. The molecular weight excluding hydrogens is 715 g/mol. The van der Waals surface area contributed by atoms with Crippen molar-refractivity contribution in [1.29, 1.82) is 0 Å². The Bertz CT molecular complexity index is 2920. The quantitative estimate of drug-likeness (QED) is 0.153. The Balaban J connectivity index is 1.13. The average Bonchev–Trinajstić information content (AvgIpc) is 3.90. The maximum absolute atomic E-state index is 7.01. The van der Waals surface area contributed by atoms with Crippen LogP contribution in [0.3, 0.4) is 0 Å².